The molecule has 0 aliphatic carbocycles. The van der Waals surface area contributed by atoms with Gasteiger partial charge < -0.3 is 4.90 Å². The van der Waals surface area contributed by atoms with Crippen molar-refractivity contribution in [2.45, 2.75) is 13.8 Å². The van der Waals surface area contributed by atoms with Crippen LogP contribution in [0.25, 0.3) is 0 Å². The molecule has 0 spiro atoms. The molecule has 0 aliphatic heterocycles. The normalized spacial score (nSPS) is 10.1. The summed E-state index contributed by atoms with van der Waals surface area (Å²) >= 11 is 0. The van der Waals surface area contributed by atoms with E-state index in [1.807, 2.05) is 32.8 Å². The molecule has 0 amide bonds. The van der Waals surface area contributed by atoms with E-state index in [4.69, 9.17) is 0 Å². The Labute approximate surface area is 72.8 Å². The average Bonchev–Trinajstić information content (AvgIpc) is 1.82. The predicted octanol–water partition coefficient (Wildman–Crippen LogP) is 2.51. The molecule has 66 valence electrons. The van der Waals surface area contributed by atoms with E-state index < -0.39 is 0 Å². The fourth-order valence-corrected chi connectivity index (χ4v) is 1.61. The molecule has 0 aromatic heterocycles. The minimum absolute atomic E-state index is 0.157. The van der Waals surface area contributed by atoms with Crippen LogP contribution < -0.4 is 4.90 Å². The largest absolute Gasteiger partial charge is 0.377 e. The molecule has 0 saturated heterocycles. The molecule has 1 aromatic carbocycles. The number of halogens is 1. The van der Waals surface area contributed by atoms with E-state index >= 15 is 0 Å². The Morgan fingerprint density at radius 2 is 1.50 bits per heavy atom. The highest BCUT2D eigenvalue weighted by molar-refractivity contribution is 5.57. The Balaban J connectivity index is 3.28. The molecular formula is C10H14FN. The molecule has 0 radical (unpaired) electrons. The lowest BCUT2D eigenvalue weighted by Crippen LogP contribution is -2.12. The van der Waals surface area contributed by atoms with Gasteiger partial charge in [0.05, 0.1) is 0 Å². The van der Waals surface area contributed by atoms with Crippen molar-refractivity contribution in [3.05, 3.63) is 29.1 Å². The van der Waals surface area contributed by atoms with Crippen molar-refractivity contribution in [1.82, 2.24) is 0 Å². The van der Waals surface area contributed by atoms with E-state index in [-0.39, 0.29) is 5.82 Å². The van der Waals surface area contributed by atoms with Gasteiger partial charge in [0, 0.05) is 19.8 Å². The molecule has 0 atom stereocenters. The number of rotatable bonds is 1. The van der Waals surface area contributed by atoms with Gasteiger partial charge in [0.2, 0.25) is 0 Å². The standard InChI is InChI=1S/C10H14FN/c1-7-5-9(11)6-8(2)10(7)12(3)4/h5-6H,1-4H3. The maximum absolute atomic E-state index is 12.9. The number of nitrogens with zero attached hydrogens (tertiary/aromatic N) is 1. The maximum Gasteiger partial charge on any atom is 0.123 e. The second-order valence-electron chi connectivity index (χ2n) is 3.28. The Hall–Kier alpha value is -1.05. The van der Waals surface area contributed by atoms with Gasteiger partial charge in [0.15, 0.2) is 0 Å². The van der Waals surface area contributed by atoms with Gasteiger partial charge in [-0.2, -0.15) is 0 Å². The van der Waals surface area contributed by atoms with Gasteiger partial charge >= 0.3 is 0 Å². The van der Waals surface area contributed by atoms with Crippen LogP contribution in [0.15, 0.2) is 12.1 Å². The fraction of sp³-hybridized carbons (Fsp3) is 0.400. The molecule has 2 heteroatoms. The van der Waals surface area contributed by atoms with E-state index in [2.05, 4.69) is 0 Å². The highest BCUT2D eigenvalue weighted by Crippen LogP contribution is 2.23. The second-order valence-corrected chi connectivity index (χ2v) is 3.28. The summed E-state index contributed by atoms with van der Waals surface area (Å²) in [6.45, 7) is 3.84. The lowest BCUT2D eigenvalue weighted by molar-refractivity contribution is 0.625. The Bertz CT molecular complexity index is 269. The molecule has 1 rings (SSSR count). The van der Waals surface area contributed by atoms with Crippen molar-refractivity contribution in [1.29, 1.82) is 0 Å². The van der Waals surface area contributed by atoms with Crippen LogP contribution in [0, 0.1) is 19.7 Å². The van der Waals surface area contributed by atoms with E-state index in [1.54, 1.807) is 12.1 Å². The summed E-state index contributed by atoms with van der Waals surface area (Å²) in [6, 6.07) is 3.12. The van der Waals surface area contributed by atoms with Gasteiger partial charge in [-0.15, -0.1) is 0 Å². The van der Waals surface area contributed by atoms with Crippen molar-refractivity contribution in [2.75, 3.05) is 19.0 Å². The third-order valence-electron chi connectivity index (χ3n) is 1.90. The van der Waals surface area contributed by atoms with Gasteiger partial charge in [-0.3, -0.25) is 0 Å². The SMILES string of the molecule is Cc1cc(F)cc(C)c1N(C)C. The van der Waals surface area contributed by atoms with Crippen molar-refractivity contribution >= 4 is 5.69 Å². The first-order chi connectivity index (χ1) is 5.52. The van der Waals surface area contributed by atoms with Gasteiger partial charge in [-0.25, -0.2) is 4.39 Å². The van der Waals surface area contributed by atoms with Crippen molar-refractivity contribution < 1.29 is 4.39 Å². The molecule has 0 unspecified atom stereocenters. The third-order valence-corrected chi connectivity index (χ3v) is 1.90. The summed E-state index contributed by atoms with van der Waals surface area (Å²) in [6.07, 6.45) is 0. The summed E-state index contributed by atoms with van der Waals surface area (Å²) in [5.41, 5.74) is 3.08. The Morgan fingerprint density at radius 1 is 1.08 bits per heavy atom. The number of hydrogen-bond acceptors (Lipinski definition) is 1. The van der Waals surface area contributed by atoms with Gasteiger partial charge in [-0.1, -0.05) is 0 Å². The minimum atomic E-state index is -0.157. The smallest absolute Gasteiger partial charge is 0.123 e. The van der Waals surface area contributed by atoms with Gasteiger partial charge in [0.1, 0.15) is 5.82 Å². The molecule has 0 heterocycles. The molecule has 1 aromatic rings. The minimum Gasteiger partial charge on any atom is -0.377 e. The molecule has 1 nitrogen and oxygen atoms in total. The van der Waals surface area contributed by atoms with Crippen LogP contribution in [0.5, 0.6) is 0 Å². The van der Waals surface area contributed by atoms with Crippen molar-refractivity contribution in [2.24, 2.45) is 0 Å². The highest BCUT2D eigenvalue weighted by Gasteiger charge is 2.05. The van der Waals surface area contributed by atoms with Crippen LogP contribution in [-0.4, -0.2) is 14.1 Å². The van der Waals surface area contributed by atoms with Crippen LogP contribution in [0.2, 0.25) is 0 Å². The van der Waals surface area contributed by atoms with Crippen LogP contribution >= 0.6 is 0 Å². The fourth-order valence-electron chi connectivity index (χ4n) is 1.61. The zero-order chi connectivity index (χ0) is 9.30. The first-order valence-corrected chi connectivity index (χ1v) is 3.96. The Kier molecular flexibility index (Phi) is 2.36. The first kappa shape index (κ1) is 9.04. The average molecular weight is 167 g/mol. The lowest BCUT2D eigenvalue weighted by Gasteiger charge is -2.18. The van der Waals surface area contributed by atoms with E-state index in [1.165, 1.54) is 0 Å². The monoisotopic (exact) mass is 167 g/mol. The van der Waals surface area contributed by atoms with Crippen LogP contribution in [0.1, 0.15) is 11.1 Å². The number of benzene rings is 1. The second kappa shape index (κ2) is 3.13. The summed E-state index contributed by atoms with van der Waals surface area (Å²) < 4.78 is 12.9. The van der Waals surface area contributed by atoms with Gasteiger partial charge in [-0.05, 0) is 37.1 Å². The van der Waals surface area contributed by atoms with E-state index in [9.17, 15) is 4.39 Å². The molecule has 0 aliphatic rings. The Morgan fingerprint density at radius 3 is 1.83 bits per heavy atom. The topological polar surface area (TPSA) is 3.24 Å². The molecule has 0 fully saturated rings. The third kappa shape index (κ3) is 1.58. The first-order valence-electron chi connectivity index (χ1n) is 3.96. The van der Waals surface area contributed by atoms with Crippen molar-refractivity contribution in [3.8, 4) is 0 Å². The number of anilines is 1. The predicted molar refractivity (Wildman–Crippen MR) is 50.2 cm³/mol. The summed E-state index contributed by atoms with van der Waals surface area (Å²) in [7, 11) is 3.93. The molecule has 0 saturated carbocycles. The number of hydrogen-bond donors (Lipinski definition) is 0. The molecule has 0 N–H and O–H groups in total. The molecular weight excluding hydrogens is 153 g/mol. The zero-order valence-corrected chi connectivity index (χ0v) is 7.98. The summed E-state index contributed by atoms with van der Waals surface area (Å²) in [5.74, 6) is -0.157. The van der Waals surface area contributed by atoms with Crippen LogP contribution in [0.4, 0.5) is 10.1 Å². The van der Waals surface area contributed by atoms with Crippen LogP contribution in [0.3, 0.4) is 0 Å². The lowest BCUT2D eigenvalue weighted by atomic mass is 10.1. The zero-order valence-electron chi connectivity index (χ0n) is 7.98. The van der Waals surface area contributed by atoms with Gasteiger partial charge in [0.25, 0.3) is 0 Å². The maximum atomic E-state index is 12.9. The summed E-state index contributed by atoms with van der Waals surface area (Å²) in [5, 5.41) is 0. The molecule has 12 heavy (non-hydrogen) atoms. The van der Waals surface area contributed by atoms with Crippen LogP contribution in [-0.2, 0) is 0 Å². The highest BCUT2D eigenvalue weighted by atomic mass is 19.1. The van der Waals surface area contributed by atoms with E-state index in [0.29, 0.717) is 0 Å². The quantitative estimate of drug-likeness (QED) is 0.621. The van der Waals surface area contributed by atoms with Crippen molar-refractivity contribution in [3.63, 3.8) is 0 Å². The summed E-state index contributed by atoms with van der Waals surface area (Å²) in [4.78, 5) is 2.00. The van der Waals surface area contributed by atoms with E-state index in [0.717, 1.165) is 16.8 Å². The number of aryl methyl sites for hydroxylation is 2. The molecule has 0 bridgehead atoms.